The van der Waals surface area contributed by atoms with Crippen LogP contribution < -0.4 is 0 Å². The van der Waals surface area contributed by atoms with Crippen LogP contribution in [0, 0.1) is 6.92 Å². The second kappa shape index (κ2) is 7.58. The molecule has 1 amide bonds. The van der Waals surface area contributed by atoms with Gasteiger partial charge in [-0.05, 0) is 31.9 Å². The lowest BCUT2D eigenvalue weighted by molar-refractivity contribution is 0.0568. The van der Waals surface area contributed by atoms with Crippen LogP contribution in [-0.4, -0.2) is 46.7 Å². The van der Waals surface area contributed by atoms with E-state index in [1.807, 2.05) is 36.1 Å². The monoisotopic (exact) mass is 355 g/mol. The Bertz CT molecular complexity index is 761. The smallest absolute Gasteiger partial charge is 0.253 e. The number of ether oxygens (including phenoxy) is 1. The lowest BCUT2D eigenvalue weighted by atomic mass is 9.98. The molecule has 138 valence electrons. The van der Waals surface area contributed by atoms with E-state index < -0.39 is 0 Å². The predicted molar refractivity (Wildman–Crippen MR) is 96.0 cm³/mol. The molecule has 2 fully saturated rings. The van der Waals surface area contributed by atoms with Crippen LogP contribution in [0.5, 0.6) is 0 Å². The van der Waals surface area contributed by atoms with Crippen molar-refractivity contribution in [2.45, 2.75) is 51.0 Å². The second-order valence-electron chi connectivity index (χ2n) is 7.35. The third-order valence-electron chi connectivity index (χ3n) is 5.25. The Labute approximate surface area is 153 Å². The van der Waals surface area contributed by atoms with Crippen LogP contribution in [0.25, 0.3) is 0 Å². The maximum atomic E-state index is 12.5. The van der Waals surface area contributed by atoms with E-state index in [1.165, 1.54) is 25.7 Å². The summed E-state index contributed by atoms with van der Waals surface area (Å²) >= 11 is 0. The second-order valence-corrected chi connectivity index (χ2v) is 7.35. The molecule has 1 saturated heterocycles. The zero-order chi connectivity index (χ0) is 17.9. The number of hydrogen-bond donors (Lipinski definition) is 0. The molecule has 1 saturated carbocycles. The molecule has 6 nitrogen and oxygen atoms in total. The quantitative estimate of drug-likeness (QED) is 0.796. The van der Waals surface area contributed by atoms with Crippen molar-refractivity contribution in [3.8, 4) is 0 Å². The van der Waals surface area contributed by atoms with E-state index in [-0.39, 0.29) is 11.8 Å². The average Bonchev–Trinajstić information content (AvgIpc) is 3.26. The number of carbonyl (C=O) groups is 1. The first-order valence-corrected chi connectivity index (χ1v) is 9.49. The van der Waals surface area contributed by atoms with Crippen LogP contribution in [-0.2, 0) is 11.2 Å². The first-order chi connectivity index (χ1) is 12.7. The van der Waals surface area contributed by atoms with E-state index in [0.29, 0.717) is 43.9 Å². The van der Waals surface area contributed by atoms with Crippen molar-refractivity contribution in [3.63, 3.8) is 0 Å². The molecular formula is C20H25N3O3. The molecule has 6 heteroatoms. The fourth-order valence-corrected chi connectivity index (χ4v) is 3.67. The molecular weight excluding hydrogens is 330 g/mol. The summed E-state index contributed by atoms with van der Waals surface area (Å²) in [6, 6.07) is 7.69. The lowest BCUT2D eigenvalue weighted by Crippen LogP contribution is -2.48. The summed E-state index contributed by atoms with van der Waals surface area (Å²) in [5.41, 5.74) is 1.83. The molecule has 2 heterocycles. The molecule has 0 spiro atoms. The highest BCUT2D eigenvalue weighted by Crippen LogP contribution is 2.27. The zero-order valence-electron chi connectivity index (χ0n) is 15.2. The molecule has 1 aromatic heterocycles. The van der Waals surface area contributed by atoms with E-state index in [9.17, 15) is 4.79 Å². The van der Waals surface area contributed by atoms with Crippen LogP contribution in [0.15, 0.2) is 28.8 Å². The van der Waals surface area contributed by atoms with Crippen LogP contribution in [0.3, 0.4) is 0 Å². The standard InChI is InChI=1S/C20H25N3O3/c1-14-5-4-6-15(11-14)20(24)23-12-16(13-23)19-21-18(22-26-19)9-10-25-17-7-2-3-8-17/h4-6,11,16-17H,2-3,7-10,12-13H2,1H3. The van der Waals surface area contributed by atoms with Crippen molar-refractivity contribution in [2.24, 2.45) is 0 Å². The molecule has 4 rings (SSSR count). The van der Waals surface area contributed by atoms with Crippen molar-refractivity contribution in [2.75, 3.05) is 19.7 Å². The number of carbonyl (C=O) groups excluding carboxylic acids is 1. The van der Waals surface area contributed by atoms with E-state index in [4.69, 9.17) is 9.26 Å². The maximum absolute atomic E-state index is 12.5. The Morgan fingerprint density at radius 2 is 2.12 bits per heavy atom. The normalized spacial score (nSPS) is 18.3. The highest BCUT2D eigenvalue weighted by atomic mass is 16.5. The van der Waals surface area contributed by atoms with Gasteiger partial charge < -0.3 is 14.2 Å². The van der Waals surface area contributed by atoms with Gasteiger partial charge in [-0.1, -0.05) is 35.7 Å². The zero-order valence-corrected chi connectivity index (χ0v) is 15.2. The first kappa shape index (κ1) is 17.2. The van der Waals surface area contributed by atoms with Gasteiger partial charge in [-0.3, -0.25) is 4.79 Å². The number of hydrogen-bond acceptors (Lipinski definition) is 5. The minimum atomic E-state index is 0.0645. The number of benzene rings is 1. The van der Waals surface area contributed by atoms with Gasteiger partial charge in [0.15, 0.2) is 5.82 Å². The Hall–Kier alpha value is -2.21. The number of nitrogens with zero attached hydrogens (tertiary/aromatic N) is 3. The molecule has 0 bridgehead atoms. The molecule has 1 aliphatic carbocycles. The van der Waals surface area contributed by atoms with Crippen molar-refractivity contribution in [1.29, 1.82) is 0 Å². The third kappa shape index (κ3) is 3.80. The van der Waals surface area contributed by atoms with Crippen molar-refractivity contribution < 1.29 is 14.1 Å². The Kier molecular flexibility index (Phi) is 5.02. The van der Waals surface area contributed by atoms with Gasteiger partial charge in [-0.15, -0.1) is 0 Å². The molecule has 26 heavy (non-hydrogen) atoms. The van der Waals surface area contributed by atoms with Crippen molar-refractivity contribution >= 4 is 5.91 Å². The van der Waals surface area contributed by atoms with Gasteiger partial charge in [0.1, 0.15) is 0 Å². The van der Waals surface area contributed by atoms with E-state index in [1.54, 1.807) is 0 Å². The number of aromatic nitrogens is 2. The van der Waals surface area contributed by atoms with E-state index in [0.717, 1.165) is 11.1 Å². The van der Waals surface area contributed by atoms with E-state index >= 15 is 0 Å². The molecule has 1 aromatic carbocycles. The molecule has 0 radical (unpaired) electrons. The number of amides is 1. The van der Waals surface area contributed by atoms with Crippen molar-refractivity contribution in [3.05, 3.63) is 47.1 Å². The third-order valence-corrected chi connectivity index (χ3v) is 5.25. The summed E-state index contributed by atoms with van der Waals surface area (Å²) in [4.78, 5) is 18.8. The minimum Gasteiger partial charge on any atom is -0.378 e. The summed E-state index contributed by atoms with van der Waals surface area (Å²) in [5.74, 6) is 1.53. The van der Waals surface area contributed by atoms with Gasteiger partial charge in [0, 0.05) is 25.1 Å². The first-order valence-electron chi connectivity index (χ1n) is 9.49. The topological polar surface area (TPSA) is 68.5 Å². The van der Waals surface area contributed by atoms with Gasteiger partial charge in [0.05, 0.1) is 18.6 Å². The van der Waals surface area contributed by atoms with Crippen LogP contribution in [0.2, 0.25) is 0 Å². The largest absolute Gasteiger partial charge is 0.378 e. The summed E-state index contributed by atoms with van der Waals surface area (Å²) < 4.78 is 11.2. The summed E-state index contributed by atoms with van der Waals surface area (Å²) in [5, 5.41) is 4.05. The van der Waals surface area contributed by atoms with E-state index in [2.05, 4.69) is 10.1 Å². The molecule has 2 aromatic rings. The number of aryl methyl sites for hydroxylation is 1. The summed E-state index contributed by atoms with van der Waals surface area (Å²) in [6.45, 7) is 3.90. The summed E-state index contributed by atoms with van der Waals surface area (Å²) in [6.07, 6.45) is 5.98. The highest BCUT2D eigenvalue weighted by Gasteiger charge is 2.36. The highest BCUT2D eigenvalue weighted by molar-refractivity contribution is 5.95. The average molecular weight is 355 g/mol. The van der Waals surface area contributed by atoms with Crippen LogP contribution in [0.1, 0.15) is 59.2 Å². The Morgan fingerprint density at radius 3 is 2.88 bits per heavy atom. The SMILES string of the molecule is Cc1cccc(C(=O)N2CC(c3nc(CCOC4CCCC4)no3)C2)c1. The molecule has 1 aliphatic heterocycles. The molecule has 2 aliphatic rings. The van der Waals surface area contributed by atoms with Crippen LogP contribution in [0.4, 0.5) is 0 Å². The van der Waals surface area contributed by atoms with Gasteiger partial charge in [0.2, 0.25) is 5.89 Å². The van der Waals surface area contributed by atoms with Gasteiger partial charge in [-0.25, -0.2) is 0 Å². The Morgan fingerprint density at radius 1 is 1.31 bits per heavy atom. The molecule has 0 unspecified atom stereocenters. The fourth-order valence-electron chi connectivity index (χ4n) is 3.67. The summed E-state index contributed by atoms with van der Waals surface area (Å²) in [7, 11) is 0. The van der Waals surface area contributed by atoms with Gasteiger partial charge in [0.25, 0.3) is 5.91 Å². The van der Waals surface area contributed by atoms with Gasteiger partial charge >= 0.3 is 0 Å². The molecule has 0 atom stereocenters. The number of likely N-dealkylation sites (tertiary alicyclic amines) is 1. The number of rotatable bonds is 6. The predicted octanol–water partition coefficient (Wildman–Crippen LogP) is 3.12. The van der Waals surface area contributed by atoms with Gasteiger partial charge in [-0.2, -0.15) is 4.98 Å². The maximum Gasteiger partial charge on any atom is 0.253 e. The fraction of sp³-hybridized carbons (Fsp3) is 0.550. The van der Waals surface area contributed by atoms with Crippen LogP contribution >= 0.6 is 0 Å². The Balaban J connectivity index is 1.25. The minimum absolute atomic E-state index is 0.0645. The molecule has 0 N–H and O–H groups in total. The lowest BCUT2D eigenvalue weighted by Gasteiger charge is -2.37. The van der Waals surface area contributed by atoms with Crippen molar-refractivity contribution in [1.82, 2.24) is 15.0 Å².